The molecule has 4 aliphatic carbocycles. The number of hydrogen-bond acceptors (Lipinski definition) is 6. The third-order valence-electron chi connectivity index (χ3n) is 9.14. The standard InChI is InChI=1S/C20H26O6/c1-8-9-4-5-10-18-11(21)6-7-17(2,3)12(18)14(23)20(24)19(10,13(8)22)15(9)25-16(18)26-20/h9-12,14-16,21,23-24H,1,4-7H2,2-3H3/t9-,10-,11-,12+,14-,15-,16-,18-,19+,20+/m0/s1. The van der Waals surface area contributed by atoms with E-state index in [1.54, 1.807) is 0 Å². The average molecular weight is 362 g/mol. The van der Waals surface area contributed by atoms with Gasteiger partial charge in [-0.3, -0.25) is 4.79 Å². The van der Waals surface area contributed by atoms with E-state index < -0.39 is 47.1 Å². The van der Waals surface area contributed by atoms with Gasteiger partial charge in [-0.05, 0) is 42.6 Å². The van der Waals surface area contributed by atoms with E-state index in [9.17, 15) is 20.1 Å². The smallest absolute Gasteiger partial charge is 0.211 e. The third-order valence-corrected chi connectivity index (χ3v) is 9.14. The van der Waals surface area contributed by atoms with Gasteiger partial charge in [0.25, 0.3) is 0 Å². The Hall–Kier alpha value is -0.790. The summed E-state index contributed by atoms with van der Waals surface area (Å²) in [5.41, 5.74) is -2.03. The molecule has 0 amide bonds. The van der Waals surface area contributed by atoms with Crippen molar-refractivity contribution in [3.63, 3.8) is 0 Å². The maximum absolute atomic E-state index is 13.4. The fraction of sp³-hybridized carbons (Fsp3) is 0.850. The number of rotatable bonds is 0. The highest BCUT2D eigenvalue weighted by Gasteiger charge is 2.92. The molecule has 0 aromatic heterocycles. The number of ether oxygens (including phenoxy) is 2. The molecule has 26 heavy (non-hydrogen) atoms. The van der Waals surface area contributed by atoms with Crippen molar-refractivity contribution in [2.75, 3.05) is 0 Å². The summed E-state index contributed by atoms with van der Waals surface area (Å²) >= 11 is 0. The molecule has 0 radical (unpaired) electrons. The molecule has 4 heterocycles. The number of Topliss-reactive ketones (excluding diaryl/α,β-unsaturated/α-hetero) is 1. The summed E-state index contributed by atoms with van der Waals surface area (Å²) in [7, 11) is 0. The van der Waals surface area contributed by atoms with Crippen LogP contribution < -0.4 is 0 Å². The van der Waals surface area contributed by atoms with E-state index in [1.165, 1.54) is 0 Å². The van der Waals surface area contributed by atoms with E-state index in [0.29, 0.717) is 18.4 Å². The van der Waals surface area contributed by atoms with Gasteiger partial charge < -0.3 is 24.8 Å². The van der Waals surface area contributed by atoms with Crippen molar-refractivity contribution in [1.29, 1.82) is 0 Å². The molecule has 10 atom stereocenters. The Morgan fingerprint density at radius 2 is 1.92 bits per heavy atom. The molecule has 6 nitrogen and oxygen atoms in total. The van der Waals surface area contributed by atoms with Crippen LogP contribution in [-0.2, 0) is 14.3 Å². The topological polar surface area (TPSA) is 96.2 Å². The van der Waals surface area contributed by atoms with Gasteiger partial charge in [0, 0.05) is 11.8 Å². The van der Waals surface area contributed by atoms with E-state index >= 15 is 0 Å². The molecule has 4 saturated carbocycles. The maximum Gasteiger partial charge on any atom is 0.211 e. The monoisotopic (exact) mass is 362 g/mol. The second kappa shape index (κ2) is 4.13. The van der Waals surface area contributed by atoms with Crippen LogP contribution in [0.3, 0.4) is 0 Å². The quantitative estimate of drug-likeness (QED) is 0.550. The normalized spacial score (nSPS) is 64.0. The van der Waals surface area contributed by atoms with Crippen molar-refractivity contribution in [2.45, 2.75) is 69.9 Å². The van der Waals surface area contributed by atoms with E-state index in [2.05, 4.69) is 20.4 Å². The second-order valence-electron chi connectivity index (χ2n) is 10.1. The van der Waals surface area contributed by atoms with E-state index in [0.717, 1.165) is 12.8 Å². The summed E-state index contributed by atoms with van der Waals surface area (Å²) in [5.74, 6) is -2.99. The predicted molar refractivity (Wildman–Crippen MR) is 88.4 cm³/mol. The van der Waals surface area contributed by atoms with Crippen LogP contribution >= 0.6 is 0 Å². The second-order valence-corrected chi connectivity index (χ2v) is 10.1. The lowest BCUT2D eigenvalue weighted by Crippen LogP contribution is -2.91. The maximum atomic E-state index is 13.4. The number of carbonyl (C=O) groups is 1. The highest BCUT2D eigenvalue weighted by molar-refractivity contribution is 6.05. The summed E-state index contributed by atoms with van der Waals surface area (Å²) in [5, 5.41) is 34.3. The minimum atomic E-state index is -1.97. The van der Waals surface area contributed by atoms with Crippen molar-refractivity contribution < 1.29 is 29.6 Å². The summed E-state index contributed by atoms with van der Waals surface area (Å²) in [4.78, 5) is 13.4. The number of aliphatic hydroxyl groups excluding tert-OH is 2. The molecule has 8 rings (SSSR count). The molecule has 2 spiro atoms. The largest absolute Gasteiger partial charge is 0.392 e. The minimum absolute atomic E-state index is 0.133. The Morgan fingerprint density at radius 1 is 1.19 bits per heavy atom. The van der Waals surface area contributed by atoms with Gasteiger partial charge in [0.1, 0.15) is 11.5 Å². The van der Waals surface area contributed by atoms with E-state index in [1.807, 2.05) is 0 Å². The number of carbonyl (C=O) groups excluding carboxylic acids is 1. The fourth-order valence-electron chi connectivity index (χ4n) is 8.38. The minimum Gasteiger partial charge on any atom is -0.392 e. The Morgan fingerprint density at radius 3 is 2.65 bits per heavy atom. The molecule has 0 aromatic rings. The van der Waals surface area contributed by atoms with Crippen LogP contribution in [0.1, 0.15) is 39.5 Å². The van der Waals surface area contributed by atoms with Crippen LogP contribution in [0.25, 0.3) is 0 Å². The Kier molecular flexibility index (Phi) is 2.57. The van der Waals surface area contributed by atoms with Crippen LogP contribution in [0.15, 0.2) is 12.2 Å². The van der Waals surface area contributed by atoms with Crippen molar-refractivity contribution in [3.8, 4) is 0 Å². The average Bonchev–Trinajstić information content (AvgIpc) is 2.71. The van der Waals surface area contributed by atoms with Gasteiger partial charge in [-0.2, -0.15) is 0 Å². The van der Waals surface area contributed by atoms with Crippen molar-refractivity contribution >= 4 is 5.78 Å². The molecule has 142 valence electrons. The molecule has 7 bridgehead atoms. The third kappa shape index (κ3) is 1.19. The zero-order valence-corrected chi connectivity index (χ0v) is 15.1. The van der Waals surface area contributed by atoms with Crippen LogP contribution in [0, 0.1) is 34.0 Å². The highest BCUT2D eigenvalue weighted by Crippen LogP contribution is 2.81. The number of ketones is 1. The van der Waals surface area contributed by atoms with Gasteiger partial charge in [0.15, 0.2) is 12.1 Å². The molecule has 8 aliphatic rings. The Labute approximate surface area is 152 Å². The molecule has 8 fully saturated rings. The Balaban J connectivity index is 1.70. The lowest BCUT2D eigenvalue weighted by Gasteiger charge is -2.79. The SMILES string of the molecule is C=C1C(=O)[C@]23[C@H]4O[C@H]5O[C@]2(O)[C@@H](O)[C@@H]2C(C)(C)CC[C@H](O)[C@]52[C@@H]3CC[C@@H]14. The lowest BCUT2D eigenvalue weighted by molar-refractivity contribution is -0.556. The van der Waals surface area contributed by atoms with Gasteiger partial charge in [0.2, 0.25) is 5.79 Å². The van der Waals surface area contributed by atoms with E-state index in [-0.39, 0.29) is 23.0 Å². The molecule has 0 aromatic carbocycles. The van der Waals surface area contributed by atoms with Gasteiger partial charge in [-0.15, -0.1) is 0 Å². The first-order valence-electron chi connectivity index (χ1n) is 9.80. The van der Waals surface area contributed by atoms with Gasteiger partial charge in [-0.25, -0.2) is 0 Å². The van der Waals surface area contributed by atoms with Crippen LogP contribution in [0.2, 0.25) is 0 Å². The number of hydrogen-bond donors (Lipinski definition) is 3. The van der Waals surface area contributed by atoms with Crippen LogP contribution in [0.5, 0.6) is 0 Å². The van der Waals surface area contributed by atoms with Crippen molar-refractivity contribution in [1.82, 2.24) is 0 Å². The predicted octanol–water partition coefficient (Wildman–Crippen LogP) is 0.740. The lowest BCUT2D eigenvalue weighted by atomic mass is 9.34. The molecular formula is C20H26O6. The molecule has 4 saturated heterocycles. The van der Waals surface area contributed by atoms with Crippen LogP contribution in [-0.4, -0.2) is 51.5 Å². The number of aliphatic hydroxyl groups is 3. The summed E-state index contributed by atoms with van der Waals surface area (Å²) in [6.45, 7) is 8.14. The summed E-state index contributed by atoms with van der Waals surface area (Å²) in [6.07, 6.45) is -0.473. The Bertz CT molecular complexity index is 761. The molecule has 4 aliphatic heterocycles. The van der Waals surface area contributed by atoms with Crippen molar-refractivity contribution in [2.24, 2.45) is 34.0 Å². The summed E-state index contributed by atoms with van der Waals surface area (Å²) < 4.78 is 12.3. The summed E-state index contributed by atoms with van der Waals surface area (Å²) in [6, 6.07) is 0. The van der Waals surface area contributed by atoms with Crippen LogP contribution in [0.4, 0.5) is 0 Å². The van der Waals surface area contributed by atoms with Crippen molar-refractivity contribution in [3.05, 3.63) is 12.2 Å². The van der Waals surface area contributed by atoms with Gasteiger partial charge in [-0.1, -0.05) is 20.4 Å². The zero-order valence-electron chi connectivity index (χ0n) is 15.1. The van der Waals surface area contributed by atoms with Gasteiger partial charge >= 0.3 is 0 Å². The molecule has 6 heteroatoms. The zero-order chi connectivity index (χ0) is 18.4. The first-order chi connectivity index (χ1) is 12.1. The molecular weight excluding hydrogens is 336 g/mol. The molecule has 0 unspecified atom stereocenters. The fourth-order valence-corrected chi connectivity index (χ4v) is 8.38. The first-order valence-corrected chi connectivity index (χ1v) is 9.80. The van der Waals surface area contributed by atoms with E-state index in [4.69, 9.17) is 9.47 Å². The highest BCUT2D eigenvalue weighted by atomic mass is 16.8. The van der Waals surface area contributed by atoms with Gasteiger partial charge in [0.05, 0.1) is 17.6 Å². The molecule has 3 N–H and O–H groups in total. The first kappa shape index (κ1) is 16.2.